The van der Waals surface area contributed by atoms with Crippen LogP contribution in [0.3, 0.4) is 0 Å². The van der Waals surface area contributed by atoms with Gasteiger partial charge in [-0.1, -0.05) is 0 Å². The molecule has 0 radical (unpaired) electrons. The summed E-state index contributed by atoms with van der Waals surface area (Å²) >= 11 is 0. The second-order valence-corrected chi connectivity index (χ2v) is 5.27. The van der Waals surface area contributed by atoms with Gasteiger partial charge in [-0.15, -0.1) is 0 Å². The van der Waals surface area contributed by atoms with Crippen molar-refractivity contribution in [1.29, 1.82) is 0 Å². The zero-order valence-electron chi connectivity index (χ0n) is 10.8. The Bertz CT molecular complexity index is 379. The molecule has 1 atom stereocenters. The summed E-state index contributed by atoms with van der Waals surface area (Å²) in [4.78, 5) is 0. The standard InChI is InChI=1S/C13H21F2N3/c1-2-18-9-10(8-17-18)7-12(16)11-3-5-13(14,15)6-4-11/h8-9,11-12H,2-7,16H2,1H3. The number of nitrogens with zero attached hydrogens (tertiary/aromatic N) is 2. The van der Waals surface area contributed by atoms with E-state index in [0.29, 0.717) is 12.8 Å². The van der Waals surface area contributed by atoms with Crippen LogP contribution in [0.4, 0.5) is 8.78 Å². The molecule has 1 aliphatic rings. The fraction of sp³-hybridized carbons (Fsp3) is 0.769. The number of aryl methyl sites for hydroxylation is 1. The van der Waals surface area contributed by atoms with Gasteiger partial charge in [0.2, 0.25) is 5.92 Å². The van der Waals surface area contributed by atoms with Gasteiger partial charge in [-0.2, -0.15) is 5.10 Å². The second-order valence-electron chi connectivity index (χ2n) is 5.27. The van der Waals surface area contributed by atoms with Crippen LogP contribution in [0.2, 0.25) is 0 Å². The smallest absolute Gasteiger partial charge is 0.248 e. The minimum absolute atomic E-state index is 0.0143. The lowest BCUT2D eigenvalue weighted by molar-refractivity contribution is -0.0481. The van der Waals surface area contributed by atoms with Crippen LogP contribution in [-0.2, 0) is 13.0 Å². The Hall–Kier alpha value is -0.970. The Morgan fingerprint density at radius 3 is 2.72 bits per heavy atom. The van der Waals surface area contributed by atoms with Gasteiger partial charge in [0, 0.05) is 31.6 Å². The summed E-state index contributed by atoms with van der Waals surface area (Å²) in [6.45, 7) is 2.87. The molecule has 0 saturated heterocycles. The van der Waals surface area contributed by atoms with Gasteiger partial charge >= 0.3 is 0 Å². The molecule has 0 amide bonds. The first kappa shape index (κ1) is 13.5. The van der Waals surface area contributed by atoms with Crippen molar-refractivity contribution in [2.24, 2.45) is 11.7 Å². The van der Waals surface area contributed by atoms with Crippen LogP contribution in [0.5, 0.6) is 0 Å². The van der Waals surface area contributed by atoms with Crippen molar-refractivity contribution in [3.05, 3.63) is 18.0 Å². The van der Waals surface area contributed by atoms with Gasteiger partial charge in [0.25, 0.3) is 0 Å². The highest BCUT2D eigenvalue weighted by Gasteiger charge is 2.36. The van der Waals surface area contributed by atoms with Gasteiger partial charge < -0.3 is 5.73 Å². The highest BCUT2D eigenvalue weighted by molar-refractivity contribution is 5.06. The second kappa shape index (κ2) is 5.34. The molecule has 1 aromatic heterocycles. The summed E-state index contributed by atoms with van der Waals surface area (Å²) in [5.74, 6) is -2.25. The Balaban J connectivity index is 1.86. The number of hydrogen-bond acceptors (Lipinski definition) is 2. The molecule has 0 aliphatic heterocycles. The Morgan fingerprint density at radius 1 is 1.50 bits per heavy atom. The van der Waals surface area contributed by atoms with Crippen LogP contribution in [0, 0.1) is 5.92 Å². The molecule has 1 saturated carbocycles. The van der Waals surface area contributed by atoms with Crippen molar-refractivity contribution >= 4 is 0 Å². The van der Waals surface area contributed by atoms with Crippen molar-refractivity contribution in [3.8, 4) is 0 Å². The molecular weight excluding hydrogens is 236 g/mol. The van der Waals surface area contributed by atoms with Crippen LogP contribution in [0.25, 0.3) is 0 Å². The van der Waals surface area contributed by atoms with Gasteiger partial charge in [0.15, 0.2) is 0 Å². The Kier molecular flexibility index (Phi) is 4.00. The summed E-state index contributed by atoms with van der Waals surface area (Å²) < 4.78 is 28.0. The zero-order chi connectivity index (χ0) is 13.2. The molecule has 1 unspecified atom stereocenters. The first-order valence-electron chi connectivity index (χ1n) is 6.65. The van der Waals surface area contributed by atoms with Crippen LogP contribution in [0.1, 0.15) is 38.2 Å². The molecule has 0 bridgehead atoms. The number of halogens is 2. The van der Waals surface area contributed by atoms with E-state index in [2.05, 4.69) is 5.10 Å². The van der Waals surface area contributed by atoms with E-state index in [-0.39, 0.29) is 24.8 Å². The lowest BCUT2D eigenvalue weighted by Gasteiger charge is -2.31. The maximum atomic E-state index is 13.1. The minimum atomic E-state index is -2.47. The Morgan fingerprint density at radius 2 is 2.17 bits per heavy atom. The van der Waals surface area contributed by atoms with Crippen molar-refractivity contribution in [3.63, 3.8) is 0 Å². The first-order chi connectivity index (χ1) is 8.50. The lowest BCUT2D eigenvalue weighted by Crippen LogP contribution is -2.37. The van der Waals surface area contributed by atoms with Crippen molar-refractivity contribution in [2.45, 2.75) is 57.5 Å². The molecule has 0 aromatic carbocycles. The van der Waals surface area contributed by atoms with E-state index in [1.54, 1.807) is 0 Å². The van der Waals surface area contributed by atoms with E-state index in [4.69, 9.17) is 5.73 Å². The average Bonchev–Trinajstić information content (AvgIpc) is 2.76. The molecule has 2 rings (SSSR count). The van der Waals surface area contributed by atoms with Gasteiger partial charge in [0.05, 0.1) is 6.20 Å². The van der Waals surface area contributed by atoms with E-state index >= 15 is 0 Å². The molecule has 3 nitrogen and oxygen atoms in total. The van der Waals surface area contributed by atoms with E-state index in [9.17, 15) is 8.78 Å². The topological polar surface area (TPSA) is 43.8 Å². The van der Waals surface area contributed by atoms with E-state index in [1.165, 1.54) is 0 Å². The molecular formula is C13H21F2N3. The molecule has 1 aromatic rings. The first-order valence-corrected chi connectivity index (χ1v) is 6.65. The third-order valence-corrected chi connectivity index (χ3v) is 3.85. The third-order valence-electron chi connectivity index (χ3n) is 3.85. The predicted octanol–water partition coefficient (Wildman–Crippen LogP) is 2.60. The molecule has 1 heterocycles. The van der Waals surface area contributed by atoms with Crippen LogP contribution in [0.15, 0.2) is 12.4 Å². The fourth-order valence-corrected chi connectivity index (χ4v) is 2.61. The molecule has 1 fully saturated rings. The van der Waals surface area contributed by atoms with Gasteiger partial charge in [-0.25, -0.2) is 8.78 Å². The van der Waals surface area contributed by atoms with E-state index in [0.717, 1.165) is 18.5 Å². The molecule has 102 valence electrons. The predicted molar refractivity (Wildman–Crippen MR) is 66.5 cm³/mol. The highest BCUT2D eigenvalue weighted by atomic mass is 19.3. The van der Waals surface area contributed by atoms with Crippen molar-refractivity contribution < 1.29 is 8.78 Å². The number of nitrogens with two attached hydrogens (primary N) is 1. The van der Waals surface area contributed by atoms with Crippen molar-refractivity contribution in [2.75, 3.05) is 0 Å². The SMILES string of the molecule is CCn1cc(CC(N)C2CCC(F)(F)CC2)cn1. The summed E-state index contributed by atoms with van der Waals surface area (Å²) in [6, 6.07) is -0.0318. The van der Waals surface area contributed by atoms with Crippen LogP contribution >= 0.6 is 0 Å². The molecule has 18 heavy (non-hydrogen) atoms. The lowest BCUT2D eigenvalue weighted by atomic mass is 9.81. The maximum Gasteiger partial charge on any atom is 0.248 e. The molecule has 2 N–H and O–H groups in total. The highest BCUT2D eigenvalue weighted by Crippen LogP contribution is 2.37. The van der Waals surface area contributed by atoms with E-state index in [1.807, 2.05) is 24.0 Å². The van der Waals surface area contributed by atoms with Crippen molar-refractivity contribution in [1.82, 2.24) is 9.78 Å². The van der Waals surface area contributed by atoms with Gasteiger partial charge in [0.1, 0.15) is 0 Å². The fourth-order valence-electron chi connectivity index (χ4n) is 2.61. The van der Waals surface area contributed by atoms with E-state index < -0.39 is 5.92 Å². The third kappa shape index (κ3) is 3.28. The summed E-state index contributed by atoms with van der Waals surface area (Å²) in [7, 11) is 0. The summed E-state index contributed by atoms with van der Waals surface area (Å²) in [5.41, 5.74) is 7.24. The number of aromatic nitrogens is 2. The van der Waals surface area contributed by atoms with Crippen LogP contribution < -0.4 is 5.73 Å². The minimum Gasteiger partial charge on any atom is -0.327 e. The van der Waals surface area contributed by atoms with Gasteiger partial charge in [-0.3, -0.25) is 4.68 Å². The average molecular weight is 257 g/mol. The quantitative estimate of drug-likeness (QED) is 0.901. The number of rotatable bonds is 4. The largest absolute Gasteiger partial charge is 0.327 e. The summed E-state index contributed by atoms with van der Waals surface area (Å²) in [6.07, 6.45) is 5.58. The number of alkyl halides is 2. The zero-order valence-corrected chi connectivity index (χ0v) is 10.8. The maximum absolute atomic E-state index is 13.1. The number of hydrogen-bond donors (Lipinski definition) is 1. The van der Waals surface area contributed by atoms with Crippen LogP contribution in [-0.4, -0.2) is 21.7 Å². The monoisotopic (exact) mass is 257 g/mol. The normalized spacial score (nSPS) is 22.0. The van der Waals surface area contributed by atoms with Gasteiger partial charge in [-0.05, 0) is 37.7 Å². The molecule has 5 heteroatoms. The summed E-state index contributed by atoms with van der Waals surface area (Å²) in [5, 5.41) is 4.20. The molecule has 0 spiro atoms. The Labute approximate surface area is 106 Å². The molecule has 1 aliphatic carbocycles.